The largest absolute Gasteiger partial charge is 0.480 e. The predicted molar refractivity (Wildman–Crippen MR) is 57.0 cm³/mol. The van der Waals surface area contributed by atoms with E-state index in [1.54, 1.807) is 0 Å². The molecule has 0 bridgehead atoms. The third-order valence-corrected chi connectivity index (χ3v) is 2.68. The fourth-order valence-corrected chi connectivity index (χ4v) is 1.79. The van der Waals surface area contributed by atoms with Gasteiger partial charge in [0.25, 0.3) is 0 Å². The lowest BCUT2D eigenvalue weighted by molar-refractivity contribution is -0.133. The van der Waals surface area contributed by atoms with Crippen molar-refractivity contribution in [2.24, 2.45) is 0 Å². The fourth-order valence-electron chi connectivity index (χ4n) is 1.79. The summed E-state index contributed by atoms with van der Waals surface area (Å²) in [4.78, 5) is 10.8. The van der Waals surface area contributed by atoms with Crippen molar-refractivity contribution in [3.05, 3.63) is 17.1 Å². The Bertz CT molecular complexity index is 223. The molecule has 0 saturated carbocycles. The Morgan fingerprint density at radius 3 is 1.79 bits per heavy atom. The summed E-state index contributed by atoms with van der Waals surface area (Å²) in [5, 5.41) is 8.91. The van der Waals surface area contributed by atoms with Crippen molar-refractivity contribution >= 4 is 5.97 Å². The highest BCUT2D eigenvalue weighted by molar-refractivity contribution is 6.00. The standard InChI is InChI=1S/C12H19O2/c1-3-5-7-9-10(8-6-4-2)11(9)12(13)14/h3-8H2,1-2H3,(H,13,14). The molecular formula is C12H19O2. The third kappa shape index (κ3) is 2.60. The molecule has 0 aromatic rings. The first kappa shape index (κ1) is 11.3. The van der Waals surface area contributed by atoms with Crippen LogP contribution in [0.15, 0.2) is 11.1 Å². The lowest BCUT2D eigenvalue weighted by Crippen LogP contribution is -1.99. The van der Waals surface area contributed by atoms with Crippen LogP contribution in [-0.4, -0.2) is 11.1 Å². The van der Waals surface area contributed by atoms with Crippen molar-refractivity contribution < 1.29 is 9.90 Å². The zero-order chi connectivity index (χ0) is 10.6. The van der Waals surface area contributed by atoms with Crippen LogP contribution in [0.5, 0.6) is 0 Å². The van der Waals surface area contributed by atoms with Gasteiger partial charge in [-0.1, -0.05) is 26.7 Å². The molecule has 1 radical (unpaired) electrons. The third-order valence-electron chi connectivity index (χ3n) is 2.68. The quantitative estimate of drug-likeness (QED) is 0.676. The second-order valence-electron chi connectivity index (χ2n) is 3.84. The topological polar surface area (TPSA) is 37.3 Å². The molecule has 1 N–H and O–H groups in total. The second kappa shape index (κ2) is 5.18. The minimum Gasteiger partial charge on any atom is -0.480 e. The zero-order valence-electron chi connectivity index (χ0n) is 9.10. The van der Waals surface area contributed by atoms with Crippen LogP contribution < -0.4 is 0 Å². The van der Waals surface area contributed by atoms with Gasteiger partial charge in [0, 0.05) is 0 Å². The molecule has 0 atom stereocenters. The maximum Gasteiger partial charge on any atom is 0.319 e. The molecular weight excluding hydrogens is 176 g/mol. The highest BCUT2D eigenvalue weighted by Crippen LogP contribution is 2.47. The maximum atomic E-state index is 10.8. The van der Waals surface area contributed by atoms with Gasteiger partial charge in [0.15, 0.2) is 0 Å². The molecule has 0 fully saturated rings. The summed E-state index contributed by atoms with van der Waals surface area (Å²) in [6.45, 7) is 4.27. The second-order valence-corrected chi connectivity index (χ2v) is 3.84. The average Bonchev–Trinajstić information content (AvgIpc) is 2.85. The summed E-state index contributed by atoms with van der Waals surface area (Å²) in [7, 11) is 0. The van der Waals surface area contributed by atoms with Gasteiger partial charge >= 0.3 is 5.97 Å². The Labute approximate surface area is 86.0 Å². The molecule has 0 unspecified atom stereocenters. The van der Waals surface area contributed by atoms with Crippen molar-refractivity contribution in [2.75, 3.05) is 0 Å². The molecule has 0 aliphatic heterocycles. The van der Waals surface area contributed by atoms with Crippen LogP contribution in [-0.2, 0) is 4.79 Å². The van der Waals surface area contributed by atoms with E-state index in [2.05, 4.69) is 13.8 Å². The monoisotopic (exact) mass is 195 g/mol. The van der Waals surface area contributed by atoms with E-state index in [1.165, 1.54) is 0 Å². The molecule has 1 rings (SSSR count). The summed E-state index contributed by atoms with van der Waals surface area (Å²) in [5.74, 6) is -0.0749. The van der Waals surface area contributed by atoms with E-state index < -0.39 is 5.97 Å². The number of aliphatic carboxylic acids is 1. The van der Waals surface area contributed by atoms with Gasteiger partial charge in [0.05, 0.1) is 0 Å². The average molecular weight is 195 g/mol. The Morgan fingerprint density at radius 1 is 1.07 bits per heavy atom. The van der Waals surface area contributed by atoms with Crippen molar-refractivity contribution in [1.82, 2.24) is 0 Å². The molecule has 0 aromatic heterocycles. The van der Waals surface area contributed by atoms with Gasteiger partial charge < -0.3 is 5.11 Å². The van der Waals surface area contributed by atoms with E-state index in [-0.39, 0.29) is 0 Å². The van der Waals surface area contributed by atoms with E-state index >= 15 is 0 Å². The minimum atomic E-state index is -0.720. The van der Waals surface area contributed by atoms with E-state index in [0.29, 0.717) is 5.92 Å². The van der Waals surface area contributed by atoms with Crippen molar-refractivity contribution in [3.8, 4) is 0 Å². The lowest BCUT2D eigenvalue weighted by Gasteiger charge is -1.92. The number of unbranched alkanes of at least 4 members (excludes halogenated alkanes) is 2. The molecule has 79 valence electrons. The van der Waals surface area contributed by atoms with E-state index in [9.17, 15) is 4.79 Å². The van der Waals surface area contributed by atoms with E-state index in [0.717, 1.165) is 49.7 Å². The van der Waals surface area contributed by atoms with Gasteiger partial charge in [-0.05, 0) is 36.8 Å². The van der Waals surface area contributed by atoms with Crippen LogP contribution in [0.4, 0.5) is 0 Å². The number of rotatable bonds is 7. The summed E-state index contributed by atoms with van der Waals surface area (Å²) in [5.41, 5.74) is 2.29. The number of carboxylic acids is 1. The molecule has 2 heteroatoms. The van der Waals surface area contributed by atoms with Gasteiger partial charge in [0.1, 0.15) is 5.92 Å². The van der Waals surface area contributed by atoms with Crippen molar-refractivity contribution in [3.63, 3.8) is 0 Å². The van der Waals surface area contributed by atoms with Gasteiger partial charge in [-0.15, -0.1) is 0 Å². The van der Waals surface area contributed by atoms with Crippen LogP contribution in [0.25, 0.3) is 0 Å². The lowest BCUT2D eigenvalue weighted by atomic mass is 10.1. The van der Waals surface area contributed by atoms with Gasteiger partial charge in [-0.3, -0.25) is 4.79 Å². The summed E-state index contributed by atoms with van der Waals surface area (Å²) < 4.78 is 0. The maximum absolute atomic E-state index is 10.8. The number of carbonyl (C=O) groups is 1. The van der Waals surface area contributed by atoms with Crippen LogP contribution in [0.3, 0.4) is 0 Å². The summed E-state index contributed by atoms with van der Waals surface area (Å²) >= 11 is 0. The van der Waals surface area contributed by atoms with Gasteiger partial charge in [-0.25, -0.2) is 0 Å². The Balaban J connectivity index is 2.40. The molecule has 1 aliphatic rings. The predicted octanol–water partition coefficient (Wildman–Crippen LogP) is 3.34. The first-order valence-electron chi connectivity index (χ1n) is 5.55. The van der Waals surface area contributed by atoms with Crippen LogP contribution in [0.1, 0.15) is 52.4 Å². The summed E-state index contributed by atoms with van der Waals surface area (Å²) in [6, 6.07) is 0. The summed E-state index contributed by atoms with van der Waals surface area (Å²) in [6.07, 6.45) is 6.44. The van der Waals surface area contributed by atoms with Gasteiger partial charge in [-0.2, -0.15) is 0 Å². The van der Waals surface area contributed by atoms with E-state index in [1.807, 2.05) is 0 Å². The van der Waals surface area contributed by atoms with Crippen molar-refractivity contribution in [1.29, 1.82) is 0 Å². The first-order chi connectivity index (χ1) is 6.72. The Morgan fingerprint density at radius 2 is 1.50 bits per heavy atom. The highest BCUT2D eigenvalue weighted by atomic mass is 16.4. The van der Waals surface area contributed by atoms with Crippen LogP contribution in [0, 0.1) is 5.92 Å². The molecule has 0 spiro atoms. The molecule has 14 heavy (non-hydrogen) atoms. The molecule has 0 heterocycles. The first-order valence-corrected chi connectivity index (χ1v) is 5.55. The smallest absolute Gasteiger partial charge is 0.319 e. The number of hydrogen-bond acceptors (Lipinski definition) is 1. The Kier molecular flexibility index (Phi) is 4.18. The number of carboxylic acid groups (broad SMARTS) is 1. The highest BCUT2D eigenvalue weighted by Gasteiger charge is 2.41. The SMILES string of the molecule is CCCCC1=C(CCCC)[C]1C(=O)O. The van der Waals surface area contributed by atoms with Crippen LogP contribution >= 0.6 is 0 Å². The normalized spacial score (nSPS) is 16.1. The molecule has 0 aromatic carbocycles. The fraction of sp³-hybridized carbons (Fsp3) is 0.667. The Hall–Kier alpha value is -0.790. The molecule has 1 aliphatic carbocycles. The molecule has 0 amide bonds. The van der Waals surface area contributed by atoms with Crippen molar-refractivity contribution in [2.45, 2.75) is 52.4 Å². The molecule has 0 saturated heterocycles. The number of hydrogen-bond donors (Lipinski definition) is 1. The van der Waals surface area contributed by atoms with Gasteiger partial charge in [0.2, 0.25) is 0 Å². The minimum absolute atomic E-state index is 0.645. The molecule has 2 nitrogen and oxygen atoms in total. The zero-order valence-corrected chi connectivity index (χ0v) is 9.10. The van der Waals surface area contributed by atoms with Crippen LogP contribution in [0.2, 0.25) is 0 Å². The van der Waals surface area contributed by atoms with E-state index in [4.69, 9.17) is 5.11 Å².